The molecule has 2 atom stereocenters. The van der Waals surface area contributed by atoms with Gasteiger partial charge in [0.1, 0.15) is 12.1 Å². The molecule has 8 nitrogen and oxygen atoms in total. The smallest absolute Gasteiger partial charge is 0.237 e. The summed E-state index contributed by atoms with van der Waals surface area (Å²) in [6.07, 6.45) is 2.31. The molecule has 0 saturated carbocycles. The Kier molecular flexibility index (Phi) is 4.69. The van der Waals surface area contributed by atoms with Crippen molar-refractivity contribution in [3.63, 3.8) is 0 Å². The normalized spacial score (nSPS) is 21.7. The van der Waals surface area contributed by atoms with Crippen LogP contribution in [0.25, 0.3) is 0 Å². The van der Waals surface area contributed by atoms with Gasteiger partial charge in [0.25, 0.3) is 0 Å². The van der Waals surface area contributed by atoms with Crippen molar-refractivity contribution in [3.8, 4) is 0 Å². The second kappa shape index (κ2) is 6.73. The number of hydrogen-bond acceptors (Lipinski definition) is 7. The molecule has 0 radical (unpaired) electrons. The molecule has 9 heteroatoms. The van der Waals surface area contributed by atoms with Gasteiger partial charge in [0.05, 0.1) is 12.6 Å². The Morgan fingerprint density at radius 1 is 1.57 bits per heavy atom. The van der Waals surface area contributed by atoms with Gasteiger partial charge < -0.3 is 20.0 Å². The summed E-state index contributed by atoms with van der Waals surface area (Å²) in [4.78, 5) is 14.0. The molecule has 1 fully saturated rings. The van der Waals surface area contributed by atoms with Gasteiger partial charge in [-0.25, -0.2) is 0 Å². The zero-order valence-corrected chi connectivity index (χ0v) is 13.9. The molecule has 0 spiro atoms. The molecular weight excluding hydrogens is 316 g/mol. The van der Waals surface area contributed by atoms with Crippen LogP contribution in [-0.2, 0) is 18.4 Å². The fraction of sp³-hybridized carbons (Fsp3) is 0.500. The molecule has 1 amide bonds. The lowest BCUT2D eigenvalue weighted by Gasteiger charge is -2.21. The van der Waals surface area contributed by atoms with E-state index in [0.717, 1.165) is 16.0 Å². The Morgan fingerprint density at radius 3 is 3.09 bits per heavy atom. The number of furan rings is 1. The Labute approximate surface area is 138 Å². The predicted molar refractivity (Wildman–Crippen MR) is 84.7 cm³/mol. The fourth-order valence-electron chi connectivity index (χ4n) is 2.71. The molecule has 1 aliphatic heterocycles. The molecule has 3 heterocycles. The number of aryl methyl sites for hydroxylation is 1. The van der Waals surface area contributed by atoms with Crippen molar-refractivity contribution >= 4 is 17.7 Å². The highest BCUT2D eigenvalue weighted by atomic mass is 32.2. The van der Waals surface area contributed by atoms with Gasteiger partial charge in [0.2, 0.25) is 5.91 Å². The summed E-state index contributed by atoms with van der Waals surface area (Å²) in [5, 5.41) is 12.1. The molecule has 0 aliphatic carbocycles. The molecule has 0 unspecified atom stereocenters. The lowest BCUT2D eigenvalue weighted by Crippen LogP contribution is -2.41. The number of likely N-dealkylation sites (N-methyl/N-ethyl adjacent to an activating group) is 1. The van der Waals surface area contributed by atoms with Crippen molar-refractivity contribution in [1.29, 1.82) is 0 Å². The minimum absolute atomic E-state index is 0.00168. The van der Waals surface area contributed by atoms with E-state index in [1.165, 1.54) is 11.8 Å². The van der Waals surface area contributed by atoms with E-state index >= 15 is 0 Å². The highest BCUT2D eigenvalue weighted by molar-refractivity contribution is 7.99. The maximum absolute atomic E-state index is 12.0. The van der Waals surface area contributed by atoms with E-state index in [2.05, 4.69) is 20.4 Å². The summed E-state index contributed by atoms with van der Waals surface area (Å²) in [5.41, 5.74) is 6.00. The molecular formula is C14H20N6O2S. The van der Waals surface area contributed by atoms with Gasteiger partial charge in [-0.15, -0.1) is 10.2 Å². The van der Waals surface area contributed by atoms with E-state index in [0.29, 0.717) is 19.5 Å². The van der Waals surface area contributed by atoms with Gasteiger partial charge >= 0.3 is 0 Å². The average molecular weight is 336 g/mol. The standard InChI is InChI=1S/C14H20N6O2S/c1-16-13(21)11-5-9(15)6-20(11)7-10-3-4-12(22-10)23-14-18-17-8-19(14)2/h3-4,8-9,11H,5-7,15H2,1-2H3,(H,16,21)/t9-,11-/m0/s1. The second-order valence-electron chi connectivity index (χ2n) is 5.60. The van der Waals surface area contributed by atoms with E-state index < -0.39 is 0 Å². The number of carbonyl (C=O) groups is 1. The first-order valence-electron chi connectivity index (χ1n) is 7.38. The van der Waals surface area contributed by atoms with Crippen LogP contribution in [-0.4, -0.2) is 51.2 Å². The summed E-state index contributed by atoms with van der Waals surface area (Å²) in [6.45, 7) is 1.25. The highest BCUT2D eigenvalue weighted by Gasteiger charge is 2.35. The first-order valence-corrected chi connectivity index (χ1v) is 8.20. The zero-order chi connectivity index (χ0) is 16.4. The number of nitrogens with one attached hydrogen (secondary N) is 1. The molecule has 3 N–H and O–H groups in total. The number of likely N-dealkylation sites (tertiary alicyclic amines) is 1. The van der Waals surface area contributed by atoms with Gasteiger partial charge in [-0.2, -0.15) is 0 Å². The van der Waals surface area contributed by atoms with E-state index in [1.54, 1.807) is 13.4 Å². The first-order chi connectivity index (χ1) is 11.1. The molecule has 23 heavy (non-hydrogen) atoms. The maximum Gasteiger partial charge on any atom is 0.237 e. The van der Waals surface area contributed by atoms with E-state index in [1.807, 2.05) is 23.7 Å². The molecule has 3 rings (SSSR count). The summed E-state index contributed by atoms with van der Waals surface area (Å²) in [6, 6.07) is 3.64. The summed E-state index contributed by atoms with van der Waals surface area (Å²) in [5.74, 6) is 0.802. The Morgan fingerprint density at radius 2 is 2.39 bits per heavy atom. The lowest BCUT2D eigenvalue weighted by atomic mass is 10.1. The Bertz CT molecular complexity index is 684. The average Bonchev–Trinajstić information content (AvgIpc) is 3.22. The molecule has 1 aliphatic rings. The summed E-state index contributed by atoms with van der Waals surface area (Å²) in [7, 11) is 3.53. The molecule has 124 valence electrons. The lowest BCUT2D eigenvalue weighted by molar-refractivity contribution is -0.125. The van der Waals surface area contributed by atoms with Gasteiger partial charge in [-0.05, 0) is 30.3 Å². The van der Waals surface area contributed by atoms with E-state index in [4.69, 9.17) is 10.2 Å². The molecule has 2 aromatic heterocycles. The fourth-order valence-corrected chi connectivity index (χ4v) is 3.45. The van der Waals surface area contributed by atoms with Crippen molar-refractivity contribution in [2.24, 2.45) is 12.8 Å². The van der Waals surface area contributed by atoms with Crippen molar-refractivity contribution in [2.45, 2.75) is 35.3 Å². The molecule has 0 aromatic carbocycles. The monoisotopic (exact) mass is 336 g/mol. The first kappa shape index (κ1) is 16.0. The third-order valence-corrected chi connectivity index (χ3v) is 4.82. The third-order valence-electron chi connectivity index (χ3n) is 3.84. The summed E-state index contributed by atoms with van der Waals surface area (Å²) >= 11 is 1.41. The van der Waals surface area contributed by atoms with E-state index in [-0.39, 0.29) is 18.0 Å². The number of rotatable bonds is 5. The molecule has 1 saturated heterocycles. The van der Waals surface area contributed by atoms with Crippen LogP contribution in [0.4, 0.5) is 0 Å². The van der Waals surface area contributed by atoms with Crippen LogP contribution in [0.15, 0.2) is 33.1 Å². The number of nitrogens with zero attached hydrogens (tertiary/aromatic N) is 4. The largest absolute Gasteiger partial charge is 0.453 e. The van der Waals surface area contributed by atoms with Crippen LogP contribution in [0.2, 0.25) is 0 Å². The van der Waals surface area contributed by atoms with Gasteiger partial charge in [0, 0.05) is 26.7 Å². The highest BCUT2D eigenvalue weighted by Crippen LogP contribution is 2.28. The predicted octanol–water partition coefficient (Wildman–Crippen LogP) is 0.207. The van der Waals surface area contributed by atoms with Crippen LogP contribution in [0.1, 0.15) is 12.2 Å². The van der Waals surface area contributed by atoms with Gasteiger partial charge in [0.15, 0.2) is 10.2 Å². The minimum Gasteiger partial charge on any atom is -0.453 e. The zero-order valence-electron chi connectivity index (χ0n) is 13.1. The SMILES string of the molecule is CNC(=O)[C@@H]1C[C@H](N)CN1Cc1ccc(Sc2nncn2C)o1. The third kappa shape index (κ3) is 3.57. The number of hydrogen-bond donors (Lipinski definition) is 2. The van der Waals surface area contributed by atoms with Crippen molar-refractivity contribution in [1.82, 2.24) is 25.0 Å². The number of carbonyl (C=O) groups excluding carboxylic acids is 1. The maximum atomic E-state index is 12.0. The molecule has 2 aromatic rings. The second-order valence-corrected chi connectivity index (χ2v) is 6.57. The Balaban J connectivity index is 1.66. The number of aromatic nitrogens is 3. The quantitative estimate of drug-likeness (QED) is 0.804. The summed E-state index contributed by atoms with van der Waals surface area (Å²) < 4.78 is 7.67. The van der Waals surface area contributed by atoms with E-state index in [9.17, 15) is 4.79 Å². The van der Waals surface area contributed by atoms with Crippen molar-refractivity contribution < 1.29 is 9.21 Å². The molecule has 0 bridgehead atoms. The number of nitrogens with two attached hydrogens (primary N) is 1. The van der Waals surface area contributed by atoms with Crippen molar-refractivity contribution in [2.75, 3.05) is 13.6 Å². The van der Waals surface area contributed by atoms with Gasteiger partial charge in [-0.1, -0.05) is 0 Å². The van der Waals surface area contributed by atoms with Crippen LogP contribution in [0.5, 0.6) is 0 Å². The van der Waals surface area contributed by atoms with Crippen LogP contribution in [0, 0.1) is 0 Å². The van der Waals surface area contributed by atoms with Crippen LogP contribution >= 0.6 is 11.8 Å². The van der Waals surface area contributed by atoms with Crippen molar-refractivity contribution in [3.05, 3.63) is 24.2 Å². The van der Waals surface area contributed by atoms with Crippen LogP contribution in [0.3, 0.4) is 0 Å². The van der Waals surface area contributed by atoms with Crippen LogP contribution < -0.4 is 11.1 Å². The Hall–Kier alpha value is -1.84. The number of amides is 1. The van der Waals surface area contributed by atoms with Gasteiger partial charge in [-0.3, -0.25) is 9.69 Å². The topological polar surface area (TPSA) is 102 Å². The minimum atomic E-state index is -0.199.